The zero-order valence-corrected chi connectivity index (χ0v) is 10.1. The highest BCUT2D eigenvalue weighted by atomic mass is 16.3. The van der Waals surface area contributed by atoms with Crippen molar-refractivity contribution >= 4 is 0 Å². The second kappa shape index (κ2) is 4.84. The van der Waals surface area contributed by atoms with Crippen LogP contribution in [0.25, 0.3) is 0 Å². The molecule has 0 spiro atoms. The highest BCUT2D eigenvalue weighted by Gasteiger charge is 2.29. The SMILES string of the molecule is OC1CN(Cc2ccccn2)Cc2cccc[n+]21. The third kappa shape index (κ3) is 2.25. The van der Waals surface area contributed by atoms with Gasteiger partial charge in [-0.25, -0.2) is 0 Å². The van der Waals surface area contributed by atoms with Crippen LogP contribution in [0.15, 0.2) is 48.8 Å². The fourth-order valence-electron chi connectivity index (χ4n) is 2.37. The number of rotatable bonds is 2. The largest absolute Gasteiger partial charge is 0.336 e. The van der Waals surface area contributed by atoms with E-state index in [1.165, 1.54) is 0 Å². The molecule has 0 amide bonds. The minimum absolute atomic E-state index is 0.473. The summed E-state index contributed by atoms with van der Waals surface area (Å²) in [5.74, 6) is 0. The Balaban J connectivity index is 1.78. The number of hydrogen-bond donors (Lipinski definition) is 1. The molecular formula is C14H16N3O+. The van der Waals surface area contributed by atoms with Gasteiger partial charge in [0.2, 0.25) is 0 Å². The quantitative estimate of drug-likeness (QED) is 0.795. The van der Waals surface area contributed by atoms with Gasteiger partial charge in [0.15, 0.2) is 11.9 Å². The first-order chi connectivity index (χ1) is 8.83. The Hall–Kier alpha value is -1.78. The Labute approximate surface area is 106 Å². The van der Waals surface area contributed by atoms with E-state index in [9.17, 15) is 5.11 Å². The Morgan fingerprint density at radius 3 is 3.00 bits per heavy atom. The molecule has 0 aromatic carbocycles. The van der Waals surface area contributed by atoms with Gasteiger partial charge in [0.05, 0.1) is 18.8 Å². The first-order valence-electron chi connectivity index (χ1n) is 6.12. The lowest BCUT2D eigenvalue weighted by atomic mass is 10.2. The van der Waals surface area contributed by atoms with E-state index < -0.39 is 6.23 Å². The lowest BCUT2D eigenvalue weighted by molar-refractivity contribution is -0.773. The maximum atomic E-state index is 10.1. The predicted octanol–water partition coefficient (Wildman–Crippen LogP) is 0.876. The number of hydrogen-bond acceptors (Lipinski definition) is 3. The summed E-state index contributed by atoms with van der Waals surface area (Å²) in [6.07, 6.45) is 3.26. The molecule has 3 heterocycles. The van der Waals surface area contributed by atoms with E-state index >= 15 is 0 Å². The maximum Gasteiger partial charge on any atom is 0.273 e. The smallest absolute Gasteiger partial charge is 0.273 e. The van der Waals surface area contributed by atoms with Gasteiger partial charge in [-0.05, 0) is 12.1 Å². The Bertz CT molecular complexity index is 530. The lowest BCUT2D eigenvalue weighted by Crippen LogP contribution is -2.53. The van der Waals surface area contributed by atoms with Gasteiger partial charge in [0.25, 0.3) is 6.23 Å². The lowest BCUT2D eigenvalue weighted by Gasteiger charge is -2.26. The molecule has 18 heavy (non-hydrogen) atoms. The molecule has 0 radical (unpaired) electrons. The normalized spacial score (nSPS) is 19.5. The van der Waals surface area contributed by atoms with Crippen LogP contribution in [-0.4, -0.2) is 21.5 Å². The van der Waals surface area contributed by atoms with Crippen molar-refractivity contribution in [2.75, 3.05) is 6.54 Å². The maximum absolute atomic E-state index is 10.1. The highest BCUT2D eigenvalue weighted by Crippen LogP contribution is 2.13. The molecule has 0 fully saturated rings. The Morgan fingerprint density at radius 2 is 2.17 bits per heavy atom. The molecule has 2 aromatic rings. The van der Waals surface area contributed by atoms with E-state index in [-0.39, 0.29) is 0 Å². The van der Waals surface area contributed by atoms with Crippen LogP contribution in [0.2, 0.25) is 0 Å². The van der Waals surface area contributed by atoms with E-state index in [2.05, 4.69) is 9.88 Å². The molecule has 1 N–H and O–H groups in total. The Kier molecular flexibility index (Phi) is 3.04. The fourth-order valence-corrected chi connectivity index (χ4v) is 2.37. The summed E-state index contributed by atoms with van der Waals surface area (Å²) in [5.41, 5.74) is 2.17. The summed E-state index contributed by atoms with van der Waals surface area (Å²) in [5, 5.41) is 10.1. The van der Waals surface area contributed by atoms with Gasteiger partial charge >= 0.3 is 0 Å². The van der Waals surface area contributed by atoms with Gasteiger partial charge < -0.3 is 5.11 Å². The summed E-state index contributed by atoms with van der Waals surface area (Å²) in [4.78, 5) is 6.53. The third-order valence-corrected chi connectivity index (χ3v) is 3.22. The van der Waals surface area contributed by atoms with Crippen LogP contribution < -0.4 is 4.57 Å². The number of nitrogens with zero attached hydrogens (tertiary/aromatic N) is 3. The van der Waals surface area contributed by atoms with Crippen LogP contribution in [0.5, 0.6) is 0 Å². The summed E-state index contributed by atoms with van der Waals surface area (Å²) < 4.78 is 1.93. The molecule has 92 valence electrons. The number of aromatic nitrogens is 2. The first kappa shape index (κ1) is 11.3. The minimum Gasteiger partial charge on any atom is -0.336 e. The zero-order chi connectivity index (χ0) is 12.4. The van der Waals surface area contributed by atoms with Crippen molar-refractivity contribution < 1.29 is 9.67 Å². The number of pyridine rings is 2. The highest BCUT2D eigenvalue weighted by molar-refractivity contribution is 5.04. The third-order valence-electron chi connectivity index (χ3n) is 3.22. The molecule has 4 nitrogen and oxygen atoms in total. The van der Waals surface area contributed by atoms with Gasteiger partial charge in [-0.2, -0.15) is 4.57 Å². The van der Waals surface area contributed by atoms with Crippen LogP contribution in [0.4, 0.5) is 0 Å². The molecule has 0 bridgehead atoms. The van der Waals surface area contributed by atoms with Gasteiger partial charge in [-0.3, -0.25) is 9.88 Å². The molecular weight excluding hydrogens is 226 g/mol. The Morgan fingerprint density at radius 1 is 1.28 bits per heavy atom. The van der Waals surface area contributed by atoms with Gasteiger partial charge in [0, 0.05) is 24.9 Å². The average Bonchev–Trinajstić information content (AvgIpc) is 2.40. The summed E-state index contributed by atoms with van der Waals surface area (Å²) in [6.45, 7) is 2.25. The molecule has 1 unspecified atom stereocenters. The van der Waals surface area contributed by atoms with Crippen molar-refractivity contribution in [2.45, 2.75) is 19.3 Å². The molecule has 0 saturated heterocycles. The van der Waals surface area contributed by atoms with Crippen LogP contribution in [0, 0.1) is 0 Å². The number of β-amino-alcohol motifs (C(OH)–C–C–N with tert-alkyl or cyclic N) is 1. The monoisotopic (exact) mass is 242 g/mol. The first-order valence-corrected chi connectivity index (χ1v) is 6.12. The van der Waals surface area contributed by atoms with Crippen LogP contribution in [-0.2, 0) is 13.1 Å². The molecule has 0 saturated carbocycles. The average molecular weight is 242 g/mol. The van der Waals surface area contributed by atoms with E-state index in [1.54, 1.807) is 6.20 Å². The summed E-state index contributed by atoms with van der Waals surface area (Å²) in [7, 11) is 0. The number of aliphatic hydroxyl groups excluding tert-OH is 1. The second-order valence-corrected chi connectivity index (χ2v) is 4.57. The molecule has 2 aromatic heterocycles. The van der Waals surface area contributed by atoms with Crippen molar-refractivity contribution in [3.63, 3.8) is 0 Å². The molecule has 1 aliphatic heterocycles. The van der Waals surface area contributed by atoms with E-state index in [0.29, 0.717) is 6.54 Å². The second-order valence-electron chi connectivity index (χ2n) is 4.57. The van der Waals surface area contributed by atoms with Crippen molar-refractivity contribution in [2.24, 2.45) is 0 Å². The molecule has 3 rings (SSSR count). The number of fused-ring (bicyclic) bond motifs is 1. The van der Waals surface area contributed by atoms with Gasteiger partial charge in [-0.15, -0.1) is 0 Å². The topological polar surface area (TPSA) is 40.2 Å². The number of aliphatic hydroxyl groups is 1. The van der Waals surface area contributed by atoms with E-state index in [4.69, 9.17) is 0 Å². The summed E-state index contributed by atoms with van der Waals surface area (Å²) in [6, 6.07) is 11.9. The van der Waals surface area contributed by atoms with Crippen molar-refractivity contribution in [3.8, 4) is 0 Å². The fraction of sp³-hybridized carbons (Fsp3) is 0.286. The van der Waals surface area contributed by atoms with Crippen LogP contribution >= 0.6 is 0 Å². The van der Waals surface area contributed by atoms with Crippen molar-refractivity contribution in [1.29, 1.82) is 0 Å². The van der Waals surface area contributed by atoms with Crippen LogP contribution in [0.1, 0.15) is 17.6 Å². The van der Waals surface area contributed by atoms with Crippen molar-refractivity contribution in [3.05, 3.63) is 60.2 Å². The van der Waals surface area contributed by atoms with E-state index in [1.807, 2.05) is 47.2 Å². The zero-order valence-electron chi connectivity index (χ0n) is 10.1. The molecule has 1 aliphatic rings. The summed E-state index contributed by atoms with van der Waals surface area (Å²) >= 11 is 0. The standard InChI is InChI=1S/C14H16N3O/c18-14-11-16(9-12-5-1-3-7-15-12)10-13-6-2-4-8-17(13)14/h1-8,14,18H,9-11H2/q+1. The van der Waals surface area contributed by atoms with E-state index in [0.717, 1.165) is 24.5 Å². The molecule has 1 atom stereocenters. The van der Waals surface area contributed by atoms with Crippen LogP contribution in [0.3, 0.4) is 0 Å². The predicted molar refractivity (Wildman–Crippen MR) is 66.2 cm³/mol. The molecule has 0 aliphatic carbocycles. The van der Waals surface area contributed by atoms with Gasteiger partial charge in [-0.1, -0.05) is 12.1 Å². The van der Waals surface area contributed by atoms with Gasteiger partial charge in [0.1, 0.15) is 0 Å². The van der Waals surface area contributed by atoms with Crippen molar-refractivity contribution in [1.82, 2.24) is 9.88 Å². The molecule has 4 heteroatoms. The minimum atomic E-state index is -0.473.